The first-order valence-corrected chi connectivity index (χ1v) is 8.19. The number of esters is 1. The molecule has 0 atom stereocenters. The highest BCUT2D eigenvalue weighted by atomic mass is 35.5. The SMILES string of the molecule is O=C(OCc1ccc(Cl)nc1)c1ccc(N2CCCCC2=O)cc1. The number of benzene rings is 1. The van der Waals surface area contributed by atoms with E-state index < -0.39 is 5.97 Å². The third-order valence-electron chi connectivity index (χ3n) is 3.90. The van der Waals surface area contributed by atoms with Crippen molar-refractivity contribution in [3.8, 4) is 0 Å². The topological polar surface area (TPSA) is 59.5 Å². The molecule has 0 bridgehead atoms. The molecule has 1 aromatic carbocycles. The van der Waals surface area contributed by atoms with Gasteiger partial charge in [0.15, 0.2) is 0 Å². The highest BCUT2D eigenvalue weighted by Gasteiger charge is 2.19. The third-order valence-corrected chi connectivity index (χ3v) is 4.12. The van der Waals surface area contributed by atoms with Crippen molar-refractivity contribution in [2.45, 2.75) is 25.9 Å². The second-order valence-corrected chi connectivity index (χ2v) is 6.00. The van der Waals surface area contributed by atoms with Crippen molar-refractivity contribution >= 4 is 29.2 Å². The number of nitrogens with zero attached hydrogens (tertiary/aromatic N) is 2. The quantitative estimate of drug-likeness (QED) is 0.628. The summed E-state index contributed by atoms with van der Waals surface area (Å²) in [6, 6.07) is 10.3. The van der Waals surface area contributed by atoms with Crippen molar-refractivity contribution in [3.63, 3.8) is 0 Å². The standard InChI is InChI=1S/C18H17ClN2O3/c19-16-9-4-13(11-20-16)12-24-18(23)14-5-7-15(8-6-14)21-10-2-1-3-17(21)22/h4-9,11H,1-3,10,12H2. The first-order valence-electron chi connectivity index (χ1n) is 7.81. The molecule has 6 heteroatoms. The summed E-state index contributed by atoms with van der Waals surface area (Å²) in [5.74, 6) is -0.284. The van der Waals surface area contributed by atoms with E-state index in [2.05, 4.69) is 4.98 Å². The number of aromatic nitrogens is 1. The highest BCUT2D eigenvalue weighted by Crippen LogP contribution is 2.21. The number of piperidine rings is 1. The Morgan fingerprint density at radius 3 is 2.62 bits per heavy atom. The van der Waals surface area contributed by atoms with Gasteiger partial charge in [-0.1, -0.05) is 17.7 Å². The zero-order valence-corrected chi connectivity index (χ0v) is 13.8. The Morgan fingerprint density at radius 1 is 1.17 bits per heavy atom. The lowest BCUT2D eigenvalue weighted by molar-refractivity contribution is -0.119. The van der Waals surface area contributed by atoms with Gasteiger partial charge in [0.25, 0.3) is 0 Å². The number of hydrogen-bond donors (Lipinski definition) is 0. The molecule has 0 spiro atoms. The van der Waals surface area contributed by atoms with Gasteiger partial charge in [-0.2, -0.15) is 0 Å². The number of carbonyl (C=O) groups excluding carboxylic acids is 2. The van der Waals surface area contributed by atoms with Crippen LogP contribution in [-0.2, 0) is 16.1 Å². The summed E-state index contributed by atoms with van der Waals surface area (Å²) < 4.78 is 5.26. The summed E-state index contributed by atoms with van der Waals surface area (Å²) in [7, 11) is 0. The van der Waals surface area contributed by atoms with Crippen LogP contribution in [0.25, 0.3) is 0 Å². The van der Waals surface area contributed by atoms with Gasteiger partial charge >= 0.3 is 5.97 Å². The molecule has 24 heavy (non-hydrogen) atoms. The first kappa shape index (κ1) is 16.5. The van der Waals surface area contributed by atoms with E-state index in [9.17, 15) is 9.59 Å². The zero-order valence-electron chi connectivity index (χ0n) is 13.1. The average Bonchev–Trinajstić information content (AvgIpc) is 2.61. The summed E-state index contributed by atoms with van der Waals surface area (Å²) in [4.78, 5) is 29.7. The molecule has 0 aliphatic carbocycles. The largest absolute Gasteiger partial charge is 0.457 e. The van der Waals surface area contributed by atoms with E-state index in [1.165, 1.54) is 0 Å². The van der Waals surface area contributed by atoms with Crippen LogP contribution in [0.15, 0.2) is 42.6 Å². The smallest absolute Gasteiger partial charge is 0.338 e. The summed E-state index contributed by atoms with van der Waals surface area (Å²) in [6.07, 6.45) is 4.10. The van der Waals surface area contributed by atoms with Crippen LogP contribution in [0.1, 0.15) is 35.2 Å². The van der Waals surface area contributed by atoms with Crippen molar-refractivity contribution in [3.05, 3.63) is 58.9 Å². The number of halogens is 1. The lowest BCUT2D eigenvalue weighted by Gasteiger charge is -2.26. The van der Waals surface area contributed by atoms with E-state index in [0.29, 0.717) is 17.1 Å². The lowest BCUT2D eigenvalue weighted by atomic mass is 10.1. The van der Waals surface area contributed by atoms with Crippen LogP contribution in [0.3, 0.4) is 0 Å². The van der Waals surface area contributed by atoms with Gasteiger partial charge in [-0.3, -0.25) is 4.79 Å². The molecule has 2 heterocycles. The van der Waals surface area contributed by atoms with E-state index >= 15 is 0 Å². The van der Waals surface area contributed by atoms with Crippen LogP contribution in [0.5, 0.6) is 0 Å². The van der Waals surface area contributed by atoms with Gasteiger partial charge in [-0.15, -0.1) is 0 Å². The molecule has 1 fully saturated rings. The minimum absolute atomic E-state index is 0.131. The molecule has 0 radical (unpaired) electrons. The molecule has 0 N–H and O–H groups in total. The number of pyridine rings is 1. The molecule has 5 nitrogen and oxygen atoms in total. The zero-order chi connectivity index (χ0) is 16.9. The number of amides is 1. The molecule has 0 saturated carbocycles. The summed E-state index contributed by atoms with van der Waals surface area (Å²) in [5.41, 5.74) is 2.03. The number of anilines is 1. The van der Waals surface area contributed by atoms with Crippen LogP contribution in [0, 0.1) is 0 Å². The fourth-order valence-electron chi connectivity index (χ4n) is 2.58. The van der Waals surface area contributed by atoms with Crippen LogP contribution in [0.2, 0.25) is 5.15 Å². The minimum atomic E-state index is -0.415. The van der Waals surface area contributed by atoms with Crippen LogP contribution in [0.4, 0.5) is 5.69 Å². The molecule has 0 unspecified atom stereocenters. The third kappa shape index (κ3) is 3.92. The van der Waals surface area contributed by atoms with Crippen LogP contribution >= 0.6 is 11.6 Å². The fourth-order valence-corrected chi connectivity index (χ4v) is 2.69. The molecular weight excluding hydrogens is 328 g/mol. The molecule has 1 aliphatic rings. The molecule has 1 aliphatic heterocycles. The Bertz CT molecular complexity index is 729. The average molecular weight is 345 g/mol. The Kier molecular flexibility index (Phi) is 5.11. The molecule has 3 rings (SSSR count). The van der Waals surface area contributed by atoms with Gasteiger partial charge in [-0.25, -0.2) is 9.78 Å². The Hall–Kier alpha value is -2.40. The second-order valence-electron chi connectivity index (χ2n) is 5.61. The van der Waals surface area contributed by atoms with Gasteiger partial charge in [0.1, 0.15) is 11.8 Å². The summed E-state index contributed by atoms with van der Waals surface area (Å²) >= 11 is 5.71. The van der Waals surface area contributed by atoms with Crippen LogP contribution < -0.4 is 4.90 Å². The van der Waals surface area contributed by atoms with E-state index in [1.807, 2.05) is 0 Å². The summed E-state index contributed by atoms with van der Waals surface area (Å²) in [5, 5.41) is 0.396. The van der Waals surface area contributed by atoms with E-state index in [-0.39, 0.29) is 12.5 Å². The van der Waals surface area contributed by atoms with E-state index in [1.54, 1.807) is 47.5 Å². The number of rotatable bonds is 4. The van der Waals surface area contributed by atoms with Gasteiger partial charge < -0.3 is 9.64 Å². The van der Waals surface area contributed by atoms with Crippen molar-refractivity contribution in [1.82, 2.24) is 4.98 Å². The maximum atomic E-state index is 12.1. The molecule has 1 amide bonds. The fraction of sp³-hybridized carbons (Fsp3) is 0.278. The van der Waals surface area contributed by atoms with E-state index in [4.69, 9.17) is 16.3 Å². The van der Waals surface area contributed by atoms with Crippen molar-refractivity contribution < 1.29 is 14.3 Å². The number of hydrogen-bond acceptors (Lipinski definition) is 4. The number of carbonyl (C=O) groups is 2. The normalized spacial score (nSPS) is 14.5. The van der Waals surface area contributed by atoms with E-state index in [0.717, 1.165) is 30.6 Å². The maximum Gasteiger partial charge on any atom is 0.338 e. The van der Waals surface area contributed by atoms with Crippen molar-refractivity contribution in [2.75, 3.05) is 11.4 Å². The van der Waals surface area contributed by atoms with Gasteiger partial charge in [0.2, 0.25) is 5.91 Å². The van der Waals surface area contributed by atoms with Crippen LogP contribution in [-0.4, -0.2) is 23.4 Å². The predicted octanol–water partition coefficient (Wildman–Crippen LogP) is 3.61. The van der Waals surface area contributed by atoms with Gasteiger partial charge in [0.05, 0.1) is 5.56 Å². The Balaban J connectivity index is 1.61. The predicted molar refractivity (Wildman–Crippen MR) is 91.0 cm³/mol. The Labute approximate surface area is 145 Å². The van der Waals surface area contributed by atoms with Gasteiger partial charge in [-0.05, 0) is 43.2 Å². The Morgan fingerprint density at radius 2 is 1.96 bits per heavy atom. The second kappa shape index (κ2) is 7.45. The molecular formula is C18H17ClN2O3. The maximum absolute atomic E-state index is 12.1. The summed E-state index contributed by atoms with van der Waals surface area (Å²) in [6.45, 7) is 0.863. The molecule has 2 aromatic rings. The highest BCUT2D eigenvalue weighted by molar-refractivity contribution is 6.29. The molecule has 1 aromatic heterocycles. The molecule has 124 valence electrons. The lowest BCUT2D eigenvalue weighted by Crippen LogP contribution is -2.35. The first-order chi connectivity index (χ1) is 11.6. The van der Waals surface area contributed by atoms with Crippen molar-refractivity contribution in [2.24, 2.45) is 0 Å². The van der Waals surface area contributed by atoms with Crippen molar-refractivity contribution in [1.29, 1.82) is 0 Å². The minimum Gasteiger partial charge on any atom is -0.457 e. The molecule has 1 saturated heterocycles. The monoisotopic (exact) mass is 344 g/mol. The number of ether oxygens (including phenoxy) is 1. The van der Waals surface area contributed by atoms with Gasteiger partial charge in [0, 0.05) is 30.4 Å².